The van der Waals surface area contributed by atoms with Crippen LogP contribution in [0.1, 0.15) is 36.2 Å². The van der Waals surface area contributed by atoms with Crippen molar-refractivity contribution in [2.75, 3.05) is 0 Å². The summed E-state index contributed by atoms with van der Waals surface area (Å²) in [6.45, 7) is 0. The first kappa shape index (κ1) is 11.8. The number of carbonyl (C=O) groups excluding carboxylic acids is 1. The molecule has 6 heteroatoms. The maximum atomic E-state index is 11.8. The first-order chi connectivity index (χ1) is 8.16. The molecule has 2 rings (SSSR count). The van der Waals surface area contributed by atoms with E-state index in [-0.39, 0.29) is 29.2 Å². The van der Waals surface area contributed by atoms with Crippen LogP contribution in [0.5, 0.6) is 0 Å². The minimum atomic E-state index is -0.323. The average Bonchev–Trinajstić information content (AvgIpc) is 2.33. The predicted octanol–water partition coefficient (Wildman–Crippen LogP) is -0.230. The van der Waals surface area contributed by atoms with Gasteiger partial charge in [0.25, 0.3) is 11.5 Å². The molecule has 4 N–H and O–H groups in total. The van der Waals surface area contributed by atoms with Crippen LogP contribution in [0, 0.1) is 0 Å². The summed E-state index contributed by atoms with van der Waals surface area (Å²) in [5.41, 5.74) is 5.82. The highest BCUT2D eigenvalue weighted by Crippen LogP contribution is 2.16. The first-order valence-electron chi connectivity index (χ1n) is 5.79. The third-order valence-corrected chi connectivity index (χ3v) is 3.05. The number of carbonyl (C=O) groups is 1. The van der Waals surface area contributed by atoms with Crippen LogP contribution in [0.25, 0.3) is 0 Å². The van der Waals surface area contributed by atoms with Crippen LogP contribution in [0.4, 0.5) is 0 Å². The Labute approximate surface area is 98.6 Å². The summed E-state index contributed by atoms with van der Waals surface area (Å²) in [4.78, 5) is 22.6. The van der Waals surface area contributed by atoms with Crippen molar-refractivity contribution in [3.63, 3.8) is 0 Å². The van der Waals surface area contributed by atoms with Gasteiger partial charge in [-0.05, 0) is 18.9 Å². The molecule has 17 heavy (non-hydrogen) atoms. The summed E-state index contributed by atoms with van der Waals surface area (Å²) in [6, 6.07) is 2.70. The molecule has 1 aliphatic rings. The first-order valence-corrected chi connectivity index (χ1v) is 5.79. The third kappa shape index (κ3) is 2.91. The van der Waals surface area contributed by atoms with Gasteiger partial charge in [-0.2, -0.15) is 5.10 Å². The van der Waals surface area contributed by atoms with Crippen LogP contribution in [-0.2, 0) is 0 Å². The van der Waals surface area contributed by atoms with E-state index < -0.39 is 0 Å². The molecule has 0 saturated heterocycles. The Bertz CT molecular complexity index is 437. The highest BCUT2D eigenvalue weighted by atomic mass is 16.2. The standard InChI is InChI=1S/C11H16N4O2/c12-7-3-1-2-4-8(7)13-11(17)9-5-6-10(16)15-14-9/h5-8H,1-4,12H2,(H,13,17)(H,15,16). The van der Waals surface area contributed by atoms with E-state index in [1.54, 1.807) is 0 Å². The Kier molecular flexibility index (Phi) is 3.53. The molecule has 1 fully saturated rings. The van der Waals surface area contributed by atoms with Crippen molar-refractivity contribution < 1.29 is 4.79 Å². The lowest BCUT2D eigenvalue weighted by Crippen LogP contribution is -2.49. The van der Waals surface area contributed by atoms with Crippen molar-refractivity contribution in [2.45, 2.75) is 37.8 Å². The number of rotatable bonds is 2. The lowest BCUT2D eigenvalue weighted by molar-refractivity contribution is 0.0915. The lowest BCUT2D eigenvalue weighted by Gasteiger charge is -2.29. The van der Waals surface area contributed by atoms with Gasteiger partial charge in [-0.3, -0.25) is 9.59 Å². The van der Waals surface area contributed by atoms with Crippen molar-refractivity contribution in [3.05, 3.63) is 28.2 Å². The van der Waals surface area contributed by atoms with Gasteiger partial charge in [0.2, 0.25) is 0 Å². The Hall–Kier alpha value is -1.69. The van der Waals surface area contributed by atoms with E-state index in [0.717, 1.165) is 25.7 Å². The molecular formula is C11H16N4O2. The monoisotopic (exact) mass is 236 g/mol. The van der Waals surface area contributed by atoms with E-state index in [1.807, 2.05) is 0 Å². The zero-order valence-corrected chi connectivity index (χ0v) is 9.48. The number of aromatic amines is 1. The molecule has 1 aromatic rings. The SMILES string of the molecule is NC1CCCCC1NC(=O)c1ccc(=O)[nH]n1. The highest BCUT2D eigenvalue weighted by molar-refractivity contribution is 5.92. The quantitative estimate of drug-likeness (QED) is 0.660. The molecular weight excluding hydrogens is 220 g/mol. The second-order valence-corrected chi connectivity index (χ2v) is 4.33. The van der Waals surface area contributed by atoms with Gasteiger partial charge in [0.05, 0.1) is 0 Å². The van der Waals surface area contributed by atoms with Gasteiger partial charge >= 0.3 is 0 Å². The van der Waals surface area contributed by atoms with Crippen molar-refractivity contribution >= 4 is 5.91 Å². The van der Waals surface area contributed by atoms with Gasteiger partial charge in [-0.15, -0.1) is 0 Å². The Morgan fingerprint density at radius 2 is 2.18 bits per heavy atom. The Morgan fingerprint density at radius 3 is 2.82 bits per heavy atom. The zero-order chi connectivity index (χ0) is 12.3. The van der Waals surface area contributed by atoms with Gasteiger partial charge in [-0.25, -0.2) is 5.10 Å². The van der Waals surface area contributed by atoms with Crippen LogP contribution < -0.4 is 16.6 Å². The molecule has 92 valence electrons. The molecule has 1 heterocycles. The van der Waals surface area contributed by atoms with E-state index in [2.05, 4.69) is 15.5 Å². The number of nitrogens with one attached hydrogen (secondary N) is 2. The Balaban J connectivity index is 2.01. The fourth-order valence-corrected chi connectivity index (χ4v) is 2.05. The fourth-order valence-electron chi connectivity index (χ4n) is 2.05. The summed E-state index contributed by atoms with van der Waals surface area (Å²) in [5.74, 6) is -0.288. The molecule has 0 radical (unpaired) electrons. The molecule has 1 saturated carbocycles. The number of nitrogens with zero attached hydrogens (tertiary/aromatic N) is 1. The Morgan fingerprint density at radius 1 is 1.41 bits per heavy atom. The minimum absolute atomic E-state index is 0.00461. The molecule has 2 unspecified atom stereocenters. The number of amides is 1. The second kappa shape index (κ2) is 5.09. The maximum Gasteiger partial charge on any atom is 0.271 e. The van der Waals surface area contributed by atoms with Crippen LogP contribution in [-0.4, -0.2) is 28.2 Å². The number of nitrogens with two attached hydrogens (primary N) is 1. The van der Waals surface area contributed by atoms with Crippen molar-refractivity contribution in [1.29, 1.82) is 0 Å². The lowest BCUT2D eigenvalue weighted by atomic mass is 9.91. The minimum Gasteiger partial charge on any atom is -0.346 e. The molecule has 0 spiro atoms. The van der Waals surface area contributed by atoms with E-state index in [9.17, 15) is 9.59 Å². The fraction of sp³-hybridized carbons (Fsp3) is 0.545. The molecule has 2 atom stereocenters. The summed E-state index contributed by atoms with van der Waals surface area (Å²) < 4.78 is 0. The average molecular weight is 236 g/mol. The molecule has 1 aliphatic carbocycles. The molecule has 0 aliphatic heterocycles. The maximum absolute atomic E-state index is 11.8. The zero-order valence-electron chi connectivity index (χ0n) is 9.48. The summed E-state index contributed by atoms with van der Waals surface area (Å²) in [6.07, 6.45) is 4.03. The molecule has 1 aromatic heterocycles. The summed E-state index contributed by atoms with van der Waals surface area (Å²) >= 11 is 0. The van der Waals surface area contributed by atoms with E-state index in [4.69, 9.17) is 5.73 Å². The van der Waals surface area contributed by atoms with Gasteiger partial charge in [-0.1, -0.05) is 12.8 Å². The number of hydrogen-bond donors (Lipinski definition) is 3. The smallest absolute Gasteiger partial charge is 0.271 e. The normalized spacial score (nSPS) is 24.3. The number of hydrogen-bond acceptors (Lipinski definition) is 4. The van der Waals surface area contributed by atoms with Gasteiger partial charge < -0.3 is 11.1 Å². The van der Waals surface area contributed by atoms with E-state index >= 15 is 0 Å². The van der Waals surface area contributed by atoms with Gasteiger partial charge in [0, 0.05) is 18.2 Å². The van der Waals surface area contributed by atoms with Crippen LogP contribution >= 0.6 is 0 Å². The number of aromatic nitrogens is 2. The van der Waals surface area contributed by atoms with Crippen molar-refractivity contribution in [3.8, 4) is 0 Å². The van der Waals surface area contributed by atoms with Crippen LogP contribution in [0.3, 0.4) is 0 Å². The molecule has 6 nitrogen and oxygen atoms in total. The predicted molar refractivity (Wildman–Crippen MR) is 62.6 cm³/mol. The molecule has 1 amide bonds. The van der Waals surface area contributed by atoms with Gasteiger partial charge in [0.1, 0.15) is 5.69 Å². The third-order valence-electron chi connectivity index (χ3n) is 3.05. The summed E-state index contributed by atoms with van der Waals surface area (Å²) in [5, 5.41) is 8.77. The van der Waals surface area contributed by atoms with Gasteiger partial charge in [0.15, 0.2) is 0 Å². The largest absolute Gasteiger partial charge is 0.346 e. The topological polar surface area (TPSA) is 101 Å². The number of H-pyrrole nitrogens is 1. The highest BCUT2D eigenvalue weighted by Gasteiger charge is 2.24. The van der Waals surface area contributed by atoms with Crippen LogP contribution in [0.15, 0.2) is 16.9 Å². The second-order valence-electron chi connectivity index (χ2n) is 4.33. The van der Waals surface area contributed by atoms with Crippen molar-refractivity contribution in [2.24, 2.45) is 5.73 Å². The van der Waals surface area contributed by atoms with Crippen LogP contribution in [0.2, 0.25) is 0 Å². The molecule has 0 aromatic carbocycles. The van der Waals surface area contributed by atoms with E-state index in [0.29, 0.717) is 0 Å². The van der Waals surface area contributed by atoms with Crippen molar-refractivity contribution in [1.82, 2.24) is 15.5 Å². The van der Waals surface area contributed by atoms with E-state index in [1.165, 1.54) is 12.1 Å². The molecule has 0 bridgehead atoms. The summed E-state index contributed by atoms with van der Waals surface area (Å²) in [7, 11) is 0.